The lowest BCUT2D eigenvalue weighted by Crippen LogP contribution is -2.30. The van der Waals surface area contributed by atoms with Gasteiger partial charge in [0.25, 0.3) is 0 Å². The number of phenolic OH excluding ortho intramolecular Hbond substituents is 2. The van der Waals surface area contributed by atoms with Crippen LogP contribution in [0.4, 0.5) is 0 Å². The van der Waals surface area contributed by atoms with Crippen molar-refractivity contribution in [1.29, 1.82) is 0 Å². The Morgan fingerprint density at radius 2 is 1.05 bits per heavy atom. The van der Waals surface area contributed by atoms with Crippen molar-refractivity contribution in [3.63, 3.8) is 0 Å². The Morgan fingerprint density at radius 1 is 0.634 bits per heavy atom. The van der Waals surface area contributed by atoms with E-state index in [1.54, 1.807) is 58.0 Å². The molecule has 3 aromatic rings. The Kier molecular flexibility index (Phi) is 8.86. The number of ether oxygens (including phenoxy) is 6. The normalized spacial score (nSPS) is 14.4. The van der Waals surface area contributed by atoms with Crippen LogP contribution >= 0.6 is 0 Å². The first-order valence-electron chi connectivity index (χ1n) is 12.1. The molecule has 0 radical (unpaired) electrons. The first-order valence-corrected chi connectivity index (χ1v) is 12.1. The van der Waals surface area contributed by atoms with Crippen LogP contribution in [-0.2, 0) is 9.47 Å². The van der Waals surface area contributed by atoms with Crippen LogP contribution in [0, 0.1) is 0 Å². The average molecular weight is 571 g/mol. The first kappa shape index (κ1) is 30.4. The van der Waals surface area contributed by atoms with Gasteiger partial charge in [-0.1, -0.05) is 18.2 Å². The van der Waals surface area contributed by atoms with Gasteiger partial charge in [0.05, 0.1) is 14.2 Å². The molecule has 3 N–H and O–H groups in total. The van der Waals surface area contributed by atoms with Crippen LogP contribution in [0.2, 0.25) is 0 Å². The number of phenols is 2. The van der Waals surface area contributed by atoms with Crippen molar-refractivity contribution in [3.8, 4) is 34.5 Å². The predicted molar refractivity (Wildman–Crippen MR) is 143 cm³/mol. The number of fused-ring (bicyclic) bond motifs is 2. The Hall–Kier alpha value is -5.13. The number of carbonyl (C=O) groups excluding carboxylic acids is 2. The van der Waals surface area contributed by atoms with Crippen LogP contribution < -0.4 is 18.9 Å². The highest BCUT2D eigenvalue weighted by Crippen LogP contribution is 2.42. The number of methoxy groups -OCH3 is 2. The van der Waals surface area contributed by atoms with Crippen molar-refractivity contribution in [2.75, 3.05) is 14.2 Å². The van der Waals surface area contributed by atoms with Gasteiger partial charge >= 0.3 is 17.9 Å². The Morgan fingerprint density at radius 3 is 1.54 bits per heavy atom. The minimum Gasteiger partial charge on any atom is -0.504 e. The van der Waals surface area contributed by atoms with Gasteiger partial charge in [0, 0.05) is 27.7 Å². The van der Waals surface area contributed by atoms with Crippen LogP contribution in [0.1, 0.15) is 58.8 Å². The van der Waals surface area contributed by atoms with Crippen molar-refractivity contribution in [1.82, 2.24) is 0 Å². The topological polar surface area (TPSA) is 167 Å². The third-order valence-electron chi connectivity index (χ3n) is 5.42. The number of aromatic carboxylic acids is 1. The summed E-state index contributed by atoms with van der Waals surface area (Å²) in [5.41, 5.74) is 0.478. The van der Waals surface area contributed by atoms with Gasteiger partial charge in [-0.2, -0.15) is 0 Å². The molecule has 0 saturated carbocycles. The Bertz CT molecular complexity index is 1460. The molecule has 41 heavy (non-hydrogen) atoms. The van der Waals surface area contributed by atoms with Crippen LogP contribution in [0.3, 0.4) is 0 Å². The van der Waals surface area contributed by atoms with Crippen LogP contribution in [0.15, 0.2) is 54.6 Å². The number of aromatic hydroxyl groups is 2. The number of rotatable bonds is 3. The van der Waals surface area contributed by atoms with Gasteiger partial charge < -0.3 is 43.7 Å². The van der Waals surface area contributed by atoms with Gasteiger partial charge in [-0.05, 0) is 36.4 Å². The van der Waals surface area contributed by atoms with Crippen molar-refractivity contribution < 1.29 is 58.1 Å². The van der Waals surface area contributed by atoms with E-state index in [1.807, 2.05) is 0 Å². The van der Waals surface area contributed by atoms with Gasteiger partial charge in [-0.25, -0.2) is 14.4 Å². The quantitative estimate of drug-likeness (QED) is 0.292. The SMILES string of the molecule is CC1(C)Oc2cccc(C(=O)O)c2O1.COC(=O)c1cccc(O)c1O.COC(=O)c1cccc2c1OC(C)(C)O2. The molecule has 12 heteroatoms. The van der Waals surface area contributed by atoms with E-state index in [9.17, 15) is 14.4 Å². The summed E-state index contributed by atoms with van der Waals surface area (Å²) in [7, 11) is 2.54. The molecule has 0 atom stereocenters. The maximum absolute atomic E-state index is 11.4. The predicted octanol–water partition coefficient (Wildman–Crippen LogP) is 4.76. The molecule has 2 heterocycles. The molecular formula is C29H30O12. The highest BCUT2D eigenvalue weighted by atomic mass is 16.7. The summed E-state index contributed by atoms with van der Waals surface area (Å²) in [6, 6.07) is 14.0. The summed E-state index contributed by atoms with van der Waals surface area (Å²) in [6.07, 6.45) is 0. The number of benzene rings is 3. The standard InChI is InChI=1S/C11H12O4.C10H10O4.C8H8O4/c1-11(2)14-8-6-4-5-7(9(8)15-11)10(12)13-3;1-10(2)13-7-5-3-4-6(9(11)12)8(7)14-10;1-12-8(11)5-3-2-4-6(9)7(5)10/h4-6H,1-3H3;3-5H,1-2H3,(H,11,12);2-4,9-10H,1H3. The molecule has 0 aliphatic carbocycles. The van der Waals surface area contributed by atoms with Crippen molar-refractivity contribution in [2.24, 2.45) is 0 Å². The lowest BCUT2D eigenvalue weighted by atomic mass is 10.2. The summed E-state index contributed by atoms with van der Waals surface area (Å²) in [5, 5.41) is 27.0. The lowest BCUT2D eigenvalue weighted by Gasteiger charge is -2.16. The average Bonchev–Trinajstić information content (AvgIpc) is 3.42. The second-order valence-corrected chi connectivity index (χ2v) is 9.44. The second kappa shape index (κ2) is 11.9. The van der Waals surface area contributed by atoms with Gasteiger partial charge in [0.2, 0.25) is 11.6 Å². The number of hydrogen-bond acceptors (Lipinski definition) is 11. The van der Waals surface area contributed by atoms with Crippen molar-refractivity contribution in [2.45, 2.75) is 39.3 Å². The molecule has 12 nitrogen and oxygen atoms in total. The zero-order valence-electron chi connectivity index (χ0n) is 23.2. The van der Waals surface area contributed by atoms with Crippen molar-refractivity contribution >= 4 is 17.9 Å². The molecule has 0 aromatic heterocycles. The summed E-state index contributed by atoms with van der Waals surface area (Å²) < 4.78 is 30.8. The van der Waals surface area contributed by atoms with E-state index in [4.69, 9.17) is 34.3 Å². The van der Waals surface area contributed by atoms with E-state index in [-0.39, 0.29) is 16.9 Å². The largest absolute Gasteiger partial charge is 0.504 e. The third kappa shape index (κ3) is 7.10. The number of carboxylic acid groups (broad SMARTS) is 1. The summed E-state index contributed by atoms with van der Waals surface area (Å²) in [6.45, 7) is 7.04. The van der Waals surface area contributed by atoms with E-state index in [0.717, 1.165) is 0 Å². The highest BCUT2D eigenvalue weighted by molar-refractivity contribution is 5.94. The fourth-order valence-corrected chi connectivity index (χ4v) is 3.71. The van der Waals surface area contributed by atoms with Gasteiger partial charge in [-0.3, -0.25) is 0 Å². The summed E-state index contributed by atoms with van der Waals surface area (Å²) in [4.78, 5) is 33.2. The summed E-state index contributed by atoms with van der Waals surface area (Å²) >= 11 is 0. The van der Waals surface area contributed by atoms with Crippen LogP contribution in [0.5, 0.6) is 34.5 Å². The van der Waals surface area contributed by atoms with E-state index in [2.05, 4.69) is 9.47 Å². The highest BCUT2D eigenvalue weighted by Gasteiger charge is 2.35. The number of para-hydroxylation sites is 3. The van der Waals surface area contributed by atoms with Crippen molar-refractivity contribution in [3.05, 3.63) is 71.3 Å². The van der Waals surface area contributed by atoms with Gasteiger partial charge in [0.1, 0.15) is 16.7 Å². The monoisotopic (exact) mass is 570 g/mol. The minimum atomic E-state index is -1.01. The van der Waals surface area contributed by atoms with E-state index >= 15 is 0 Å². The van der Waals surface area contributed by atoms with Crippen LogP contribution in [-0.4, -0.2) is 59.0 Å². The number of carbonyl (C=O) groups is 3. The smallest absolute Gasteiger partial charge is 0.341 e. The molecule has 0 bridgehead atoms. The summed E-state index contributed by atoms with van der Waals surface area (Å²) in [5.74, 6) is -2.60. The fourth-order valence-electron chi connectivity index (χ4n) is 3.71. The van der Waals surface area contributed by atoms with Gasteiger partial charge in [-0.15, -0.1) is 0 Å². The van der Waals surface area contributed by atoms with Gasteiger partial charge in [0.15, 0.2) is 34.5 Å². The third-order valence-corrected chi connectivity index (χ3v) is 5.42. The molecule has 0 fully saturated rings. The maximum Gasteiger partial charge on any atom is 0.341 e. The lowest BCUT2D eigenvalue weighted by molar-refractivity contribution is -0.0441. The van der Waals surface area contributed by atoms with E-state index < -0.39 is 35.2 Å². The zero-order valence-corrected chi connectivity index (χ0v) is 23.2. The molecule has 0 saturated heterocycles. The molecule has 2 aliphatic heterocycles. The maximum atomic E-state index is 11.4. The van der Waals surface area contributed by atoms with E-state index in [0.29, 0.717) is 28.6 Å². The molecule has 0 spiro atoms. The molecule has 3 aromatic carbocycles. The molecule has 5 rings (SSSR count). The first-order chi connectivity index (χ1) is 19.2. The van der Waals surface area contributed by atoms with E-state index in [1.165, 1.54) is 38.5 Å². The molecule has 0 unspecified atom stereocenters. The second-order valence-electron chi connectivity index (χ2n) is 9.44. The Labute approximate surface area is 235 Å². The molecular weight excluding hydrogens is 540 g/mol. The molecule has 218 valence electrons. The minimum absolute atomic E-state index is 0.0440. The zero-order chi connectivity index (χ0) is 30.5. The Balaban J connectivity index is 0.000000170. The fraction of sp³-hybridized carbons (Fsp3) is 0.276. The van der Waals surface area contributed by atoms with Crippen LogP contribution in [0.25, 0.3) is 0 Å². The number of hydrogen-bond donors (Lipinski definition) is 3. The number of carboxylic acids is 1. The molecule has 2 aliphatic rings. The molecule has 0 amide bonds. The number of esters is 2.